The van der Waals surface area contributed by atoms with Gasteiger partial charge in [-0.1, -0.05) is 25.5 Å². The van der Waals surface area contributed by atoms with Crippen molar-refractivity contribution in [1.29, 1.82) is 0 Å². The molecule has 0 aliphatic carbocycles. The first-order chi connectivity index (χ1) is 10.1. The maximum Gasteiger partial charge on any atom is 0.255 e. The van der Waals surface area contributed by atoms with Crippen LogP contribution < -0.4 is 11.1 Å². The third-order valence-electron chi connectivity index (χ3n) is 3.06. The van der Waals surface area contributed by atoms with Gasteiger partial charge in [0.05, 0.1) is 6.61 Å². The number of amides is 1. The number of nitrogen functional groups attached to an aromatic ring is 1. The van der Waals surface area contributed by atoms with Gasteiger partial charge >= 0.3 is 0 Å². The standard InChI is InChI=1S/C16H19N3O2/c1-2-3-14-8-12(9-15(17)18-14)16(21)19-13-6-4-11(10-20)5-7-13/h4-9,20H,2-3,10H2,1H3,(H2,17,18)(H,19,21). The van der Waals surface area contributed by atoms with Crippen LogP contribution in [0.25, 0.3) is 0 Å². The number of nitrogens with two attached hydrogens (primary N) is 1. The van der Waals surface area contributed by atoms with E-state index in [4.69, 9.17) is 10.8 Å². The molecule has 1 aromatic heterocycles. The lowest BCUT2D eigenvalue weighted by molar-refractivity contribution is 0.102. The minimum absolute atomic E-state index is 0.0184. The van der Waals surface area contributed by atoms with Crippen LogP contribution in [0.2, 0.25) is 0 Å². The molecule has 0 aliphatic rings. The zero-order chi connectivity index (χ0) is 15.2. The average molecular weight is 285 g/mol. The predicted molar refractivity (Wildman–Crippen MR) is 83.0 cm³/mol. The summed E-state index contributed by atoms with van der Waals surface area (Å²) in [5.74, 6) is 0.125. The van der Waals surface area contributed by atoms with E-state index in [0.29, 0.717) is 17.1 Å². The zero-order valence-electron chi connectivity index (χ0n) is 12.0. The van der Waals surface area contributed by atoms with Gasteiger partial charge in [-0.3, -0.25) is 4.79 Å². The van der Waals surface area contributed by atoms with Crippen molar-refractivity contribution in [3.8, 4) is 0 Å². The van der Waals surface area contributed by atoms with E-state index in [2.05, 4.69) is 10.3 Å². The molecule has 0 unspecified atom stereocenters. The number of aromatic nitrogens is 1. The molecule has 0 spiro atoms. The van der Waals surface area contributed by atoms with Gasteiger partial charge in [-0.15, -0.1) is 0 Å². The van der Waals surface area contributed by atoms with Gasteiger partial charge in [0.25, 0.3) is 5.91 Å². The Labute approximate surface area is 123 Å². The number of pyridine rings is 1. The lowest BCUT2D eigenvalue weighted by atomic mass is 10.1. The summed E-state index contributed by atoms with van der Waals surface area (Å²) in [6, 6.07) is 10.4. The topological polar surface area (TPSA) is 88.2 Å². The minimum Gasteiger partial charge on any atom is -0.392 e. The molecule has 0 bridgehead atoms. The van der Waals surface area contributed by atoms with Crippen LogP contribution in [-0.4, -0.2) is 16.0 Å². The van der Waals surface area contributed by atoms with Gasteiger partial charge in [0.15, 0.2) is 0 Å². The molecule has 5 heteroatoms. The number of benzene rings is 1. The van der Waals surface area contributed by atoms with Crippen LogP contribution in [0.1, 0.15) is 35.0 Å². The highest BCUT2D eigenvalue weighted by Gasteiger charge is 2.09. The fourth-order valence-corrected chi connectivity index (χ4v) is 2.02. The Kier molecular flexibility index (Phi) is 4.90. The molecule has 0 saturated carbocycles. The van der Waals surface area contributed by atoms with Crippen molar-refractivity contribution >= 4 is 17.4 Å². The molecule has 0 saturated heterocycles. The van der Waals surface area contributed by atoms with Gasteiger partial charge < -0.3 is 16.2 Å². The highest BCUT2D eigenvalue weighted by atomic mass is 16.3. The van der Waals surface area contributed by atoms with Crippen molar-refractivity contribution in [2.24, 2.45) is 0 Å². The lowest BCUT2D eigenvalue weighted by Gasteiger charge is -2.08. The molecule has 0 fully saturated rings. The van der Waals surface area contributed by atoms with Crippen molar-refractivity contribution < 1.29 is 9.90 Å². The van der Waals surface area contributed by atoms with Crippen molar-refractivity contribution in [2.75, 3.05) is 11.1 Å². The van der Waals surface area contributed by atoms with E-state index >= 15 is 0 Å². The van der Waals surface area contributed by atoms with Crippen molar-refractivity contribution in [2.45, 2.75) is 26.4 Å². The van der Waals surface area contributed by atoms with Crippen LogP contribution in [0.3, 0.4) is 0 Å². The molecule has 2 rings (SSSR count). The number of carbonyl (C=O) groups excluding carboxylic acids is 1. The van der Waals surface area contributed by atoms with Crippen molar-refractivity contribution in [3.05, 3.63) is 53.2 Å². The maximum absolute atomic E-state index is 12.2. The largest absolute Gasteiger partial charge is 0.392 e. The third kappa shape index (κ3) is 4.03. The molecule has 0 radical (unpaired) electrons. The van der Waals surface area contributed by atoms with Gasteiger partial charge in [0, 0.05) is 16.9 Å². The number of hydrogen-bond donors (Lipinski definition) is 3. The van der Waals surface area contributed by atoms with E-state index in [-0.39, 0.29) is 12.5 Å². The first kappa shape index (κ1) is 15.0. The molecule has 21 heavy (non-hydrogen) atoms. The molecule has 110 valence electrons. The second kappa shape index (κ2) is 6.85. The molecule has 2 aromatic rings. The average Bonchev–Trinajstić information content (AvgIpc) is 2.48. The van der Waals surface area contributed by atoms with Crippen molar-refractivity contribution in [1.82, 2.24) is 4.98 Å². The smallest absolute Gasteiger partial charge is 0.255 e. The van der Waals surface area contributed by atoms with E-state index in [9.17, 15) is 4.79 Å². The first-order valence-electron chi connectivity index (χ1n) is 6.90. The van der Waals surface area contributed by atoms with Gasteiger partial charge in [-0.05, 0) is 36.2 Å². The van der Waals surface area contributed by atoms with E-state index in [0.717, 1.165) is 24.1 Å². The molecular weight excluding hydrogens is 266 g/mol. The van der Waals surface area contributed by atoms with Gasteiger partial charge in [-0.2, -0.15) is 0 Å². The Balaban J connectivity index is 2.15. The highest BCUT2D eigenvalue weighted by Crippen LogP contribution is 2.14. The SMILES string of the molecule is CCCc1cc(C(=O)Nc2ccc(CO)cc2)cc(N)n1. The van der Waals surface area contributed by atoms with Gasteiger partial charge in [-0.25, -0.2) is 4.98 Å². The summed E-state index contributed by atoms with van der Waals surface area (Å²) in [6.45, 7) is 2.03. The number of nitrogens with one attached hydrogen (secondary N) is 1. The zero-order valence-corrected chi connectivity index (χ0v) is 12.0. The molecule has 1 aromatic carbocycles. The summed E-state index contributed by atoms with van der Waals surface area (Å²) < 4.78 is 0. The van der Waals surface area contributed by atoms with E-state index in [1.54, 1.807) is 36.4 Å². The number of nitrogens with zero attached hydrogens (tertiary/aromatic N) is 1. The predicted octanol–water partition coefficient (Wildman–Crippen LogP) is 2.36. The molecule has 5 nitrogen and oxygen atoms in total. The second-order valence-electron chi connectivity index (χ2n) is 4.83. The summed E-state index contributed by atoms with van der Waals surface area (Å²) in [7, 11) is 0. The summed E-state index contributed by atoms with van der Waals surface area (Å²) in [6.07, 6.45) is 1.73. The molecular formula is C16H19N3O2. The normalized spacial score (nSPS) is 10.4. The summed E-state index contributed by atoms with van der Waals surface area (Å²) >= 11 is 0. The van der Waals surface area contributed by atoms with Gasteiger partial charge in [0.1, 0.15) is 5.82 Å². The van der Waals surface area contributed by atoms with E-state index in [1.807, 2.05) is 6.92 Å². The summed E-state index contributed by atoms with van der Waals surface area (Å²) in [4.78, 5) is 16.4. The summed E-state index contributed by atoms with van der Waals surface area (Å²) in [5, 5.41) is 11.8. The van der Waals surface area contributed by atoms with Crippen LogP contribution in [-0.2, 0) is 13.0 Å². The highest BCUT2D eigenvalue weighted by molar-refractivity contribution is 6.04. The van der Waals surface area contributed by atoms with Crippen LogP contribution in [0.4, 0.5) is 11.5 Å². The Morgan fingerprint density at radius 1 is 1.29 bits per heavy atom. The number of rotatable bonds is 5. The number of carbonyl (C=O) groups is 1. The molecule has 1 heterocycles. The summed E-state index contributed by atoms with van der Waals surface area (Å²) in [5.41, 5.74) is 8.52. The number of hydrogen-bond acceptors (Lipinski definition) is 4. The van der Waals surface area contributed by atoms with Gasteiger partial charge in [0.2, 0.25) is 0 Å². The third-order valence-corrected chi connectivity index (χ3v) is 3.06. The van der Waals surface area contributed by atoms with Crippen LogP contribution in [0.5, 0.6) is 0 Å². The fraction of sp³-hybridized carbons (Fsp3) is 0.250. The van der Waals surface area contributed by atoms with Crippen LogP contribution in [0.15, 0.2) is 36.4 Å². The van der Waals surface area contributed by atoms with Crippen molar-refractivity contribution in [3.63, 3.8) is 0 Å². The van der Waals surface area contributed by atoms with Crippen LogP contribution >= 0.6 is 0 Å². The quantitative estimate of drug-likeness (QED) is 0.787. The first-order valence-corrected chi connectivity index (χ1v) is 6.90. The molecule has 1 amide bonds. The minimum atomic E-state index is -0.224. The number of aliphatic hydroxyl groups excluding tert-OH is 1. The lowest BCUT2D eigenvalue weighted by Crippen LogP contribution is -2.13. The van der Waals surface area contributed by atoms with E-state index < -0.39 is 0 Å². The molecule has 0 atom stereocenters. The van der Waals surface area contributed by atoms with E-state index in [1.165, 1.54) is 0 Å². The Hall–Kier alpha value is -2.40. The Morgan fingerprint density at radius 2 is 2.00 bits per heavy atom. The molecule has 4 N–H and O–H groups in total. The molecule has 0 aliphatic heterocycles. The number of anilines is 2. The maximum atomic E-state index is 12.2. The number of aliphatic hydroxyl groups is 1. The fourth-order valence-electron chi connectivity index (χ4n) is 2.02. The Morgan fingerprint density at radius 3 is 2.62 bits per heavy atom. The second-order valence-corrected chi connectivity index (χ2v) is 4.83. The monoisotopic (exact) mass is 285 g/mol. The Bertz CT molecular complexity index is 624. The van der Waals surface area contributed by atoms with Crippen LogP contribution in [0, 0.1) is 0 Å². The number of aryl methyl sites for hydroxylation is 1.